The van der Waals surface area contributed by atoms with E-state index in [4.69, 9.17) is 5.73 Å². The molecule has 0 aliphatic carbocycles. The first kappa shape index (κ1) is 14.1. The molecule has 0 bridgehead atoms. The van der Waals surface area contributed by atoms with Gasteiger partial charge in [0.05, 0.1) is 6.04 Å². The molecule has 0 fully saturated rings. The first-order valence-corrected chi connectivity index (χ1v) is 6.71. The molecule has 2 rings (SSSR count). The summed E-state index contributed by atoms with van der Waals surface area (Å²) in [5.41, 5.74) is 10.2. The van der Waals surface area contributed by atoms with Crippen molar-refractivity contribution >= 4 is 11.6 Å². The molecule has 3 N–H and O–H groups in total. The highest BCUT2D eigenvalue weighted by Gasteiger charge is 2.13. The first-order chi connectivity index (χ1) is 9.47. The van der Waals surface area contributed by atoms with Crippen LogP contribution in [0.5, 0.6) is 0 Å². The predicted molar refractivity (Wildman–Crippen MR) is 82.7 cm³/mol. The molecule has 104 valence electrons. The second kappa shape index (κ2) is 5.78. The fourth-order valence-corrected chi connectivity index (χ4v) is 2.15. The van der Waals surface area contributed by atoms with Crippen molar-refractivity contribution in [1.82, 2.24) is 5.32 Å². The van der Waals surface area contributed by atoms with Gasteiger partial charge in [0.2, 0.25) is 0 Å². The summed E-state index contributed by atoms with van der Waals surface area (Å²) in [6.07, 6.45) is 0. The van der Waals surface area contributed by atoms with Crippen molar-refractivity contribution in [1.29, 1.82) is 0 Å². The van der Waals surface area contributed by atoms with Crippen LogP contribution in [0.2, 0.25) is 0 Å². The molecule has 20 heavy (non-hydrogen) atoms. The number of anilines is 1. The lowest BCUT2D eigenvalue weighted by Crippen LogP contribution is -2.27. The smallest absolute Gasteiger partial charge is 0.252 e. The van der Waals surface area contributed by atoms with E-state index in [1.807, 2.05) is 51.1 Å². The summed E-state index contributed by atoms with van der Waals surface area (Å²) >= 11 is 0. The van der Waals surface area contributed by atoms with Gasteiger partial charge in [-0.3, -0.25) is 4.79 Å². The maximum Gasteiger partial charge on any atom is 0.252 e. The molecule has 2 aromatic rings. The molecule has 1 atom stereocenters. The quantitative estimate of drug-likeness (QED) is 0.838. The highest BCUT2D eigenvalue weighted by Crippen LogP contribution is 2.16. The van der Waals surface area contributed by atoms with Crippen LogP contribution in [-0.4, -0.2) is 5.91 Å². The number of nitrogens with one attached hydrogen (secondary N) is 1. The molecule has 0 saturated heterocycles. The van der Waals surface area contributed by atoms with E-state index in [2.05, 4.69) is 5.32 Å². The summed E-state index contributed by atoms with van der Waals surface area (Å²) < 4.78 is 0. The number of carbonyl (C=O) groups is 1. The van der Waals surface area contributed by atoms with Gasteiger partial charge in [0.1, 0.15) is 0 Å². The highest BCUT2D eigenvalue weighted by molar-refractivity contribution is 5.96. The van der Waals surface area contributed by atoms with Crippen molar-refractivity contribution in [3.63, 3.8) is 0 Å². The van der Waals surface area contributed by atoms with Crippen LogP contribution < -0.4 is 11.1 Å². The Balaban J connectivity index is 2.13. The Morgan fingerprint density at radius 3 is 2.35 bits per heavy atom. The van der Waals surface area contributed by atoms with Crippen LogP contribution in [0.4, 0.5) is 5.69 Å². The molecule has 0 saturated carbocycles. The molecule has 2 aromatic carbocycles. The average Bonchev–Trinajstić information content (AvgIpc) is 2.39. The lowest BCUT2D eigenvalue weighted by molar-refractivity contribution is 0.0939. The minimum atomic E-state index is -0.0735. The van der Waals surface area contributed by atoms with E-state index in [1.54, 1.807) is 12.1 Å². The molecule has 0 radical (unpaired) electrons. The molecule has 0 aliphatic rings. The lowest BCUT2D eigenvalue weighted by atomic mass is 10.0. The molecular formula is C17H20N2O. The van der Waals surface area contributed by atoms with E-state index in [-0.39, 0.29) is 11.9 Å². The summed E-state index contributed by atoms with van der Waals surface area (Å²) in [4.78, 5) is 12.3. The predicted octanol–water partition coefficient (Wildman–Crippen LogP) is 3.38. The molecule has 1 unspecified atom stereocenters. The molecule has 0 heterocycles. The Hall–Kier alpha value is -2.29. The summed E-state index contributed by atoms with van der Waals surface area (Å²) in [6, 6.07) is 13.5. The fraction of sp³-hybridized carbons (Fsp3) is 0.235. The first-order valence-electron chi connectivity index (χ1n) is 6.71. The highest BCUT2D eigenvalue weighted by atomic mass is 16.1. The van der Waals surface area contributed by atoms with Gasteiger partial charge in [-0.25, -0.2) is 0 Å². The van der Waals surface area contributed by atoms with E-state index in [9.17, 15) is 4.79 Å². The molecule has 0 spiro atoms. The van der Waals surface area contributed by atoms with Gasteiger partial charge in [-0.05, 0) is 50.1 Å². The normalized spacial score (nSPS) is 11.9. The van der Waals surface area contributed by atoms with Crippen molar-refractivity contribution in [2.24, 2.45) is 0 Å². The van der Waals surface area contributed by atoms with Gasteiger partial charge in [-0.2, -0.15) is 0 Å². The van der Waals surface area contributed by atoms with E-state index in [0.29, 0.717) is 11.3 Å². The fourth-order valence-electron chi connectivity index (χ4n) is 2.15. The van der Waals surface area contributed by atoms with Crippen molar-refractivity contribution in [2.75, 3.05) is 5.73 Å². The molecule has 3 nitrogen and oxygen atoms in total. The molecule has 0 aromatic heterocycles. The monoisotopic (exact) mass is 268 g/mol. The van der Waals surface area contributed by atoms with Crippen LogP contribution in [0.25, 0.3) is 0 Å². The SMILES string of the molecule is Cc1ccc(C(C)NC(=O)c2ccc(N)cc2C)cc1. The largest absolute Gasteiger partial charge is 0.399 e. The topological polar surface area (TPSA) is 55.1 Å². The van der Waals surface area contributed by atoms with Gasteiger partial charge in [0.15, 0.2) is 0 Å². The number of hydrogen-bond donors (Lipinski definition) is 2. The number of hydrogen-bond acceptors (Lipinski definition) is 2. The third kappa shape index (κ3) is 3.18. The van der Waals surface area contributed by atoms with Crippen molar-refractivity contribution < 1.29 is 4.79 Å². The summed E-state index contributed by atoms with van der Waals surface area (Å²) in [5.74, 6) is -0.0735. The zero-order valence-electron chi connectivity index (χ0n) is 12.1. The van der Waals surface area contributed by atoms with Crippen LogP contribution in [0.3, 0.4) is 0 Å². The number of carbonyl (C=O) groups excluding carboxylic acids is 1. The van der Waals surface area contributed by atoms with Gasteiger partial charge < -0.3 is 11.1 Å². The Labute approximate surface area is 119 Å². The number of benzene rings is 2. The van der Waals surface area contributed by atoms with Crippen LogP contribution in [0.15, 0.2) is 42.5 Å². The maximum absolute atomic E-state index is 12.3. The standard InChI is InChI=1S/C17H20N2O/c1-11-4-6-14(7-5-11)13(3)19-17(20)16-9-8-15(18)10-12(16)2/h4-10,13H,18H2,1-3H3,(H,19,20). The number of rotatable bonds is 3. The summed E-state index contributed by atoms with van der Waals surface area (Å²) in [7, 11) is 0. The molecule has 3 heteroatoms. The lowest BCUT2D eigenvalue weighted by Gasteiger charge is -2.15. The van der Waals surface area contributed by atoms with Crippen LogP contribution in [0, 0.1) is 13.8 Å². The maximum atomic E-state index is 12.3. The Morgan fingerprint density at radius 2 is 1.75 bits per heavy atom. The summed E-state index contributed by atoms with van der Waals surface area (Å²) in [5, 5.41) is 3.01. The number of amides is 1. The van der Waals surface area contributed by atoms with Crippen LogP contribution >= 0.6 is 0 Å². The zero-order chi connectivity index (χ0) is 14.7. The molecular weight excluding hydrogens is 248 g/mol. The molecule has 0 aliphatic heterocycles. The average molecular weight is 268 g/mol. The number of nitrogen functional groups attached to an aromatic ring is 1. The van der Waals surface area contributed by atoms with Crippen molar-refractivity contribution in [3.05, 3.63) is 64.7 Å². The van der Waals surface area contributed by atoms with E-state index in [0.717, 1.165) is 11.1 Å². The Kier molecular flexibility index (Phi) is 4.08. The summed E-state index contributed by atoms with van der Waals surface area (Å²) in [6.45, 7) is 5.92. The van der Waals surface area contributed by atoms with Crippen LogP contribution in [0.1, 0.15) is 40.0 Å². The Bertz CT molecular complexity index is 617. The van der Waals surface area contributed by atoms with Gasteiger partial charge in [-0.15, -0.1) is 0 Å². The third-order valence-electron chi connectivity index (χ3n) is 3.42. The van der Waals surface area contributed by atoms with E-state index >= 15 is 0 Å². The zero-order valence-corrected chi connectivity index (χ0v) is 12.1. The van der Waals surface area contributed by atoms with Crippen molar-refractivity contribution in [2.45, 2.75) is 26.8 Å². The minimum Gasteiger partial charge on any atom is -0.399 e. The van der Waals surface area contributed by atoms with Crippen LogP contribution in [-0.2, 0) is 0 Å². The van der Waals surface area contributed by atoms with Gasteiger partial charge >= 0.3 is 0 Å². The second-order valence-corrected chi connectivity index (χ2v) is 5.18. The van der Waals surface area contributed by atoms with E-state index < -0.39 is 0 Å². The van der Waals surface area contributed by atoms with E-state index in [1.165, 1.54) is 5.56 Å². The van der Waals surface area contributed by atoms with Crippen molar-refractivity contribution in [3.8, 4) is 0 Å². The minimum absolute atomic E-state index is 0.0277. The number of aryl methyl sites for hydroxylation is 2. The molecule has 1 amide bonds. The number of nitrogens with two attached hydrogens (primary N) is 1. The Morgan fingerprint density at radius 1 is 1.10 bits per heavy atom. The van der Waals surface area contributed by atoms with Gasteiger partial charge in [0.25, 0.3) is 5.91 Å². The van der Waals surface area contributed by atoms with Gasteiger partial charge in [-0.1, -0.05) is 29.8 Å². The third-order valence-corrected chi connectivity index (χ3v) is 3.42. The van der Waals surface area contributed by atoms with Gasteiger partial charge in [0, 0.05) is 11.3 Å². The second-order valence-electron chi connectivity index (χ2n) is 5.18.